The predicted molar refractivity (Wildman–Crippen MR) is 130 cm³/mol. The molecule has 0 atom stereocenters. The van der Waals surface area contributed by atoms with Crippen LogP contribution in [0.3, 0.4) is 0 Å². The first kappa shape index (κ1) is 22.5. The summed E-state index contributed by atoms with van der Waals surface area (Å²) >= 11 is 3.00. The standard InChI is InChI=1S/C24H25N5OS2/c1-4-29-22(15-31-23-25-16(2)12-17(3)26-23)27-28-24(29)32-14-20(30)13-19-10-7-9-18-8-5-6-11-21(18)19/h5-12H,4,13-15H2,1-3H3. The van der Waals surface area contributed by atoms with Crippen molar-refractivity contribution in [1.29, 1.82) is 0 Å². The Bertz CT molecular complexity index is 1230. The summed E-state index contributed by atoms with van der Waals surface area (Å²) in [6, 6.07) is 16.2. The molecule has 0 N–H and O–H groups in total. The molecule has 2 aromatic heterocycles. The zero-order chi connectivity index (χ0) is 22.5. The number of carbonyl (C=O) groups excluding carboxylic acids is 1. The summed E-state index contributed by atoms with van der Waals surface area (Å²) in [7, 11) is 0. The van der Waals surface area contributed by atoms with Gasteiger partial charge in [0.2, 0.25) is 0 Å². The van der Waals surface area contributed by atoms with E-state index in [9.17, 15) is 4.79 Å². The average molecular weight is 464 g/mol. The quantitative estimate of drug-likeness (QED) is 0.254. The van der Waals surface area contributed by atoms with Crippen LogP contribution in [-0.2, 0) is 23.5 Å². The maximum absolute atomic E-state index is 12.7. The van der Waals surface area contributed by atoms with Crippen LogP contribution in [0.2, 0.25) is 0 Å². The van der Waals surface area contributed by atoms with Crippen molar-refractivity contribution in [3.05, 3.63) is 71.3 Å². The molecule has 0 spiro atoms. The van der Waals surface area contributed by atoms with E-state index in [0.29, 0.717) is 17.9 Å². The highest BCUT2D eigenvalue weighted by atomic mass is 32.2. The molecule has 0 radical (unpaired) electrons. The predicted octanol–water partition coefficient (Wildman–Crippen LogP) is 5.05. The fraction of sp³-hybridized carbons (Fsp3) is 0.292. The summed E-state index contributed by atoms with van der Waals surface area (Å²) < 4.78 is 2.06. The average Bonchev–Trinajstić information content (AvgIpc) is 3.18. The summed E-state index contributed by atoms with van der Waals surface area (Å²) in [6.45, 7) is 6.75. The second-order valence-corrected chi connectivity index (χ2v) is 9.39. The second-order valence-electron chi connectivity index (χ2n) is 7.51. The maximum atomic E-state index is 12.7. The molecule has 0 bridgehead atoms. The number of benzene rings is 2. The third-order valence-corrected chi connectivity index (χ3v) is 6.90. The Kier molecular flexibility index (Phi) is 7.22. The summed E-state index contributed by atoms with van der Waals surface area (Å²) in [4.78, 5) is 21.7. The van der Waals surface area contributed by atoms with Gasteiger partial charge in [0.15, 0.2) is 10.3 Å². The Balaban J connectivity index is 1.39. The molecule has 6 nitrogen and oxygen atoms in total. The summed E-state index contributed by atoms with van der Waals surface area (Å²) in [6.07, 6.45) is 0.418. The SMILES string of the molecule is CCn1c(CSc2nc(C)cc(C)n2)nnc1SCC(=O)Cc1cccc2ccccc12. The van der Waals surface area contributed by atoms with E-state index in [2.05, 4.69) is 49.9 Å². The van der Waals surface area contributed by atoms with E-state index in [0.717, 1.165) is 50.4 Å². The van der Waals surface area contributed by atoms with Crippen molar-refractivity contribution >= 4 is 40.1 Å². The number of hydrogen-bond donors (Lipinski definition) is 0. The van der Waals surface area contributed by atoms with Crippen molar-refractivity contribution in [2.45, 2.75) is 49.8 Å². The monoisotopic (exact) mass is 463 g/mol. The molecule has 0 aliphatic heterocycles. The van der Waals surface area contributed by atoms with Gasteiger partial charge in [0.25, 0.3) is 0 Å². The minimum Gasteiger partial charge on any atom is -0.306 e. The molecule has 0 aliphatic carbocycles. The van der Waals surface area contributed by atoms with Crippen molar-refractivity contribution in [2.24, 2.45) is 0 Å². The number of rotatable bonds is 9. The first-order valence-electron chi connectivity index (χ1n) is 10.5. The molecule has 0 saturated heterocycles. The van der Waals surface area contributed by atoms with E-state index >= 15 is 0 Å². The lowest BCUT2D eigenvalue weighted by atomic mass is 10.0. The third kappa shape index (κ3) is 5.37. The molecule has 4 aromatic rings. The number of hydrogen-bond acceptors (Lipinski definition) is 7. The topological polar surface area (TPSA) is 73.6 Å². The number of ketones is 1. The Morgan fingerprint density at radius 1 is 0.969 bits per heavy atom. The van der Waals surface area contributed by atoms with Crippen LogP contribution in [0.15, 0.2) is 58.8 Å². The van der Waals surface area contributed by atoms with Gasteiger partial charge < -0.3 is 4.57 Å². The highest BCUT2D eigenvalue weighted by molar-refractivity contribution is 7.99. The van der Waals surface area contributed by atoms with Crippen LogP contribution in [0, 0.1) is 13.8 Å². The van der Waals surface area contributed by atoms with Gasteiger partial charge in [0, 0.05) is 24.4 Å². The summed E-state index contributed by atoms with van der Waals surface area (Å²) in [5.74, 6) is 2.05. The van der Waals surface area contributed by atoms with Gasteiger partial charge in [-0.1, -0.05) is 66.0 Å². The maximum Gasteiger partial charge on any atom is 0.191 e. The van der Waals surface area contributed by atoms with Gasteiger partial charge in [-0.05, 0) is 43.2 Å². The number of Topliss-reactive ketones (excluding diaryl/α,β-unsaturated/α-hetero) is 1. The lowest BCUT2D eigenvalue weighted by Crippen LogP contribution is -2.08. The lowest BCUT2D eigenvalue weighted by molar-refractivity contribution is -0.115. The van der Waals surface area contributed by atoms with Gasteiger partial charge in [-0.25, -0.2) is 9.97 Å². The van der Waals surface area contributed by atoms with Crippen LogP contribution >= 0.6 is 23.5 Å². The number of nitrogens with zero attached hydrogens (tertiary/aromatic N) is 5. The smallest absolute Gasteiger partial charge is 0.191 e. The van der Waals surface area contributed by atoms with Gasteiger partial charge in [-0.3, -0.25) is 4.79 Å². The molecule has 32 heavy (non-hydrogen) atoms. The molecule has 0 amide bonds. The molecule has 0 unspecified atom stereocenters. The molecule has 8 heteroatoms. The highest BCUT2D eigenvalue weighted by Gasteiger charge is 2.15. The van der Waals surface area contributed by atoms with E-state index in [4.69, 9.17) is 0 Å². The molecular weight excluding hydrogens is 438 g/mol. The first-order valence-corrected chi connectivity index (χ1v) is 12.5. The molecule has 0 aliphatic rings. The number of aromatic nitrogens is 5. The van der Waals surface area contributed by atoms with Crippen LogP contribution in [0.1, 0.15) is 29.7 Å². The van der Waals surface area contributed by atoms with Gasteiger partial charge in [0.05, 0.1) is 11.5 Å². The number of aryl methyl sites for hydroxylation is 2. The Labute approximate surface area is 196 Å². The minimum atomic E-state index is 0.177. The number of carbonyl (C=O) groups is 1. The molecule has 0 fully saturated rings. The minimum absolute atomic E-state index is 0.177. The van der Waals surface area contributed by atoms with E-state index in [1.807, 2.05) is 44.2 Å². The molecule has 164 valence electrons. The van der Waals surface area contributed by atoms with Crippen molar-refractivity contribution in [3.63, 3.8) is 0 Å². The first-order chi connectivity index (χ1) is 15.5. The van der Waals surface area contributed by atoms with E-state index in [1.165, 1.54) is 11.8 Å². The van der Waals surface area contributed by atoms with E-state index < -0.39 is 0 Å². The van der Waals surface area contributed by atoms with E-state index in [-0.39, 0.29) is 5.78 Å². The highest BCUT2D eigenvalue weighted by Crippen LogP contribution is 2.24. The van der Waals surface area contributed by atoms with Gasteiger partial charge in [0.1, 0.15) is 11.6 Å². The van der Waals surface area contributed by atoms with Crippen molar-refractivity contribution < 1.29 is 4.79 Å². The van der Waals surface area contributed by atoms with Crippen LogP contribution in [0.25, 0.3) is 10.8 Å². The Hall–Kier alpha value is -2.71. The van der Waals surface area contributed by atoms with Crippen LogP contribution < -0.4 is 0 Å². The number of thioether (sulfide) groups is 2. The summed E-state index contributed by atoms with van der Waals surface area (Å²) in [5.41, 5.74) is 2.98. The van der Waals surface area contributed by atoms with Gasteiger partial charge in [-0.15, -0.1) is 10.2 Å². The molecular formula is C24H25N5OS2. The van der Waals surface area contributed by atoms with Crippen LogP contribution in [0.4, 0.5) is 0 Å². The zero-order valence-electron chi connectivity index (χ0n) is 18.4. The normalized spacial score (nSPS) is 11.2. The molecule has 2 heterocycles. The Morgan fingerprint density at radius 3 is 2.50 bits per heavy atom. The second kappa shape index (κ2) is 10.3. The van der Waals surface area contributed by atoms with Gasteiger partial charge >= 0.3 is 0 Å². The fourth-order valence-electron chi connectivity index (χ4n) is 3.59. The third-order valence-electron chi connectivity index (χ3n) is 5.03. The number of fused-ring (bicyclic) bond motifs is 1. The van der Waals surface area contributed by atoms with Gasteiger partial charge in [-0.2, -0.15) is 0 Å². The summed E-state index contributed by atoms with van der Waals surface area (Å²) in [5, 5.41) is 12.5. The van der Waals surface area contributed by atoms with Crippen molar-refractivity contribution in [3.8, 4) is 0 Å². The molecule has 4 rings (SSSR count). The van der Waals surface area contributed by atoms with Crippen LogP contribution in [-0.4, -0.2) is 36.3 Å². The lowest BCUT2D eigenvalue weighted by Gasteiger charge is -2.08. The molecule has 0 saturated carbocycles. The zero-order valence-corrected chi connectivity index (χ0v) is 20.0. The largest absolute Gasteiger partial charge is 0.306 e. The fourth-order valence-corrected chi connectivity index (χ4v) is 5.36. The van der Waals surface area contributed by atoms with Crippen molar-refractivity contribution in [1.82, 2.24) is 24.7 Å². The van der Waals surface area contributed by atoms with Crippen LogP contribution in [0.5, 0.6) is 0 Å². The van der Waals surface area contributed by atoms with Crippen molar-refractivity contribution in [2.75, 3.05) is 5.75 Å². The van der Waals surface area contributed by atoms with E-state index in [1.54, 1.807) is 11.8 Å². The molecule has 2 aromatic carbocycles. The Morgan fingerprint density at radius 2 is 1.72 bits per heavy atom.